The number of rotatable bonds is 2. The minimum Gasteiger partial charge on any atom is -0.462 e. The summed E-state index contributed by atoms with van der Waals surface area (Å²) >= 11 is 3.13. The third kappa shape index (κ3) is 2.48. The number of halogens is 1. The molecule has 0 bridgehead atoms. The van der Waals surface area contributed by atoms with E-state index in [0.29, 0.717) is 22.5 Å². The molecule has 0 aromatic carbocycles. The monoisotopic (exact) mass is 244 g/mol. The molecule has 0 atom stereocenters. The summed E-state index contributed by atoms with van der Waals surface area (Å²) in [7, 11) is 0. The van der Waals surface area contributed by atoms with Gasteiger partial charge in [-0.1, -0.05) is 0 Å². The Balaban J connectivity index is 2.99. The lowest BCUT2D eigenvalue weighted by Crippen LogP contribution is -2.08. The summed E-state index contributed by atoms with van der Waals surface area (Å²) in [6, 6.07) is 1.60. The molecular weight excluding hydrogens is 236 g/mol. The van der Waals surface area contributed by atoms with Crippen LogP contribution in [0.4, 0.5) is 0 Å². The van der Waals surface area contributed by atoms with E-state index < -0.39 is 0 Å². The summed E-state index contributed by atoms with van der Waals surface area (Å²) in [5, 5.41) is 7.53. The zero-order valence-electron chi connectivity index (χ0n) is 7.37. The van der Waals surface area contributed by atoms with Crippen molar-refractivity contribution in [3.8, 4) is 0 Å². The maximum absolute atomic E-state index is 11.3. The molecule has 0 aliphatic carbocycles. The fourth-order valence-corrected chi connectivity index (χ4v) is 1.15. The van der Waals surface area contributed by atoms with E-state index in [1.807, 2.05) is 0 Å². The first-order valence-electron chi connectivity index (χ1n) is 3.82. The quantitative estimate of drug-likeness (QED) is 0.744. The van der Waals surface area contributed by atoms with E-state index in [0.717, 1.165) is 0 Å². The Morgan fingerprint density at radius 1 is 1.62 bits per heavy atom. The molecular formula is C8H9BrN2O2. The van der Waals surface area contributed by atoms with Crippen molar-refractivity contribution in [3.05, 3.63) is 21.9 Å². The molecule has 0 spiro atoms. The zero-order valence-corrected chi connectivity index (χ0v) is 8.96. The van der Waals surface area contributed by atoms with Crippen LogP contribution in [0, 0.1) is 6.92 Å². The Hall–Kier alpha value is -0.970. The summed E-state index contributed by atoms with van der Waals surface area (Å²) in [6.45, 7) is 3.83. The third-order valence-electron chi connectivity index (χ3n) is 1.44. The van der Waals surface area contributed by atoms with Gasteiger partial charge in [0.25, 0.3) is 0 Å². The smallest absolute Gasteiger partial charge is 0.340 e. The molecule has 0 N–H and O–H groups in total. The van der Waals surface area contributed by atoms with Gasteiger partial charge < -0.3 is 4.74 Å². The van der Waals surface area contributed by atoms with Crippen LogP contribution in [0.2, 0.25) is 0 Å². The zero-order chi connectivity index (χ0) is 9.84. The van der Waals surface area contributed by atoms with Gasteiger partial charge >= 0.3 is 5.97 Å². The number of esters is 1. The van der Waals surface area contributed by atoms with Crippen LogP contribution < -0.4 is 0 Å². The molecule has 1 rings (SSSR count). The molecule has 4 nitrogen and oxygen atoms in total. The number of carbonyl (C=O) groups is 1. The molecule has 5 heteroatoms. The maximum atomic E-state index is 11.3. The van der Waals surface area contributed by atoms with Crippen LogP contribution in [0.25, 0.3) is 0 Å². The van der Waals surface area contributed by atoms with Crippen LogP contribution in [-0.4, -0.2) is 22.8 Å². The van der Waals surface area contributed by atoms with E-state index >= 15 is 0 Å². The first kappa shape index (κ1) is 10.1. The van der Waals surface area contributed by atoms with Gasteiger partial charge in [-0.2, -0.15) is 5.10 Å². The second-order valence-corrected chi connectivity index (χ2v) is 3.20. The molecule has 1 heterocycles. The highest BCUT2D eigenvalue weighted by molar-refractivity contribution is 9.10. The lowest BCUT2D eigenvalue weighted by molar-refractivity contribution is 0.0524. The van der Waals surface area contributed by atoms with Crippen LogP contribution in [0.3, 0.4) is 0 Å². The van der Waals surface area contributed by atoms with E-state index in [9.17, 15) is 4.79 Å². The third-order valence-corrected chi connectivity index (χ3v) is 1.83. The standard InChI is InChI=1S/C8H9BrN2O2/c1-3-13-8(12)6-4-7(9)11-10-5(6)2/h4H,3H2,1-2H3. The van der Waals surface area contributed by atoms with Crippen molar-refractivity contribution < 1.29 is 9.53 Å². The summed E-state index contributed by atoms with van der Waals surface area (Å²) in [5.41, 5.74) is 1.02. The summed E-state index contributed by atoms with van der Waals surface area (Å²) in [4.78, 5) is 11.3. The highest BCUT2D eigenvalue weighted by Crippen LogP contribution is 2.11. The van der Waals surface area contributed by atoms with Gasteiger partial charge in [-0.3, -0.25) is 0 Å². The molecule has 13 heavy (non-hydrogen) atoms. The Morgan fingerprint density at radius 3 is 2.92 bits per heavy atom. The lowest BCUT2D eigenvalue weighted by atomic mass is 10.2. The number of carbonyl (C=O) groups excluding carboxylic acids is 1. The van der Waals surface area contributed by atoms with Crippen molar-refractivity contribution in [2.45, 2.75) is 13.8 Å². The van der Waals surface area contributed by atoms with Crippen LogP contribution in [0.15, 0.2) is 10.7 Å². The predicted octanol–water partition coefficient (Wildman–Crippen LogP) is 1.72. The Labute approximate surface area is 84.4 Å². The van der Waals surface area contributed by atoms with Crippen molar-refractivity contribution >= 4 is 21.9 Å². The van der Waals surface area contributed by atoms with Gasteiger partial charge in [0, 0.05) is 0 Å². The van der Waals surface area contributed by atoms with Gasteiger partial charge in [-0.05, 0) is 35.8 Å². The van der Waals surface area contributed by atoms with Gasteiger partial charge in [-0.25, -0.2) is 4.79 Å². The molecule has 1 aromatic heterocycles. The molecule has 1 aromatic rings. The van der Waals surface area contributed by atoms with Gasteiger partial charge in [-0.15, -0.1) is 5.10 Å². The first-order chi connectivity index (χ1) is 6.15. The topological polar surface area (TPSA) is 52.1 Å². The van der Waals surface area contributed by atoms with E-state index in [1.165, 1.54) is 0 Å². The van der Waals surface area contributed by atoms with E-state index in [2.05, 4.69) is 26.1 Å². The lowest BCUT2D eigenvalue weighted by Gasteiger charge is -2.03. The second-order valence-electron chi connectivity index (χ2n) is 2.39. The number of aromatic nitrogens is 2. The van der Waals surface area contributed by atoms with Crippen LogP contribution in [0.5, 0.6) is 0 Å². The number of nitrogens with zero attached hydrogens (tertiary/aromatic N) is 2. The van der Waals surface area contributed by atoms with E-state index in [4.69, 9.17) is 4.74 Å². The van der Waals surface area contributed by atoms with Crippen LogP contribution in [-0.2, 0) is 4.74 Å². The Bertz CT molecular complexity index is 328. The van der Waals surface area contributed by atoms with Gasteiger partial charge in [0.1, 0.15) is 4.60 Å². The van der Waals surface area contributed by atoms with Crippen LogP contribution in [0.1, 0.15) is 23.0 Å². The molecule has 0 fully saturated rings. The van der Waals surface area contributed by atoms with Crippen molar-refractivity contribution in [3.63, 3.8) is 0 Å². The highest BCUT2D eigenvalue weighted by atomic mass is 79.9. The maximum Gasteiger partial charge on any atom is 0.340 e. The van der Waals surface area contributed by atoms with Crippen molar-refractivity contribution in [1.29, 1.82) is 0 Å². The van der Waals surface area contributed by atoms with Gasteiger partial charge in [0.15, 0.2) is 0 Å². The largest absolute Gasteiger partial charge is 0.462 e. The summed E-state index contributed by atoms with van der Waals surface area (Å²) in [6.07, 6.45) is 0. The fraction of sp³-hybridized carbons (Fsp3) is 0.375. The summed E-state index contributed by atoms with van der Waals surface area (Å²) < 4.78 is 5.37. The number of aryl methyl sites for hydroxylation is 1. The number of ether oxygens (including phenoxy) is 1. The molecule has 0 amide bonds. The highest BCUT2D eigenvalue weighted by Gasteiger charge is 2.11. The molecule has 0 saturated heterocycles. The molecule has 0 saturated carbocycles. The molecule has 0 radical (unpaired) electrons. The van der Waals surface area contributed by atoms with Crippen molar-refractivity contribution in [2.24, 2.45) is 0 Å². The molecule has 70 valence electrons. The number of hydrogen-bond acceptors (Lipinski definition) is 4. The Kier molecular flexibility index (Phi) is 3.36. The average molecular weight is 245 g/mol. The van der Waals surface area contributed by atoms with E-state index in [1.54, 1.807) is 19.9 Å². The average Bonchev–Trinajstić information content (AvgIpc) is 2.09. The first-order valence-corrected chi connectivity index (χ1v) is 4.61. The van der Waals surface area contributed by atoms with Gasteiger partial charge in [0.05, 0.1) is 17.9 Å². The normalized spacial score (nSPS) is 9.77. The molecule has 0 unspecified atom stereocenters. The fourth-order valence-electron chi connectivity index (χ4n) is 0.845. The minimum absolute atomic E-state index is 0.359. The van der Waals surface area contributed by atoms with Crippen LogP contribution >= 0.6 is 15.9 Å². The van der Waals surface area contributed by atoms with Gasteiger partial charge in [0.2, 0.25) is 0 Å². The second kappa shape index (κ2) is 4.32. The predicted molar refractivity (Wildman–Crippen MR) is 50.4 cm³/mol. The molecule has 0 aliphatic heterocycles. The van der Waals surface area contributed by atoms with E-state index in [-0.39, 0.29) is 5.97 Å². The summed E-state index contributed by atoms with van der Waals surface area (Å²) in [5.74, 6) is -0.365. The van der Waals surface area contributed by atoms with Crippen molar-refractivity contribution in [1.82, 2.24) is 10.2 Å². The minimum atomic E-state index is -0.365. The molecule has 0 aliphatic rings. The number of hydrogen-bond donors (Lipinski definition) is 0. The van der Waals surface area contributed by atoms with Crippen molar-refractivity contribution in [2.75, 3.05) is 6.61 Å². The SMILES string of the molecule is CCOC(=O)c1cc(Br)nnc1C. The Morgan fingerprint density at radius 2 is 2.31 bits per heavy atom.